The first kappa shape index (κ1) is 10.3. The van der Waals surface area contributed by atoms with Crippen molar-refractivity contribution in [2.45, 2.75) is 6.92 Å². The Morgan fingerprint density at radius 3 is 2.73 bits per heavy atom. The molecule has 15 heavy (non-hydrogen) atoms. The quantitative estimate of drug-likeness (QED) is 0.794. The monoisotopic (exact) mass is 316 g/mol. The lowest BCUT2D eigenvalue weighted by atomic mass is 10.3. The van der Waals surface area contributed by atoms with E-state index in [4.69, 9.17) is 4.74 Å². The number of ether oxygens (including phenoxy) is 1. The minimum absolute atomic E-state index is 0.574. The summed E-state index contributed by atoms with van der Waals surface area (Å²) in [5, 5.41) is 8.02. The molecule has 0 atom stereocenters. The Bertz CT molecular complexity index is 483. The van der Waals surface area contributed by atoms with Crippen LogP contribution >= 0.6 is 22.9 Å². The predicted octanol–water partition coefficient (Wildman–Crippen LogP) is 1.86. The molecule has 0 aliphatic heterocycles. The summed E-state index contributed by atoms with van der Waals surface area (Å²) < 4.78 is 6.91. The zero-order valence-electron chi connectivity index (χ0n) is 8.31. The second-order valence-electron chi connectivity index (χ2n) is 2.92. The lowest BCUT2D eigenvalue weighted by molar-refractivity contribution is 0.398. The fraction of sp³-hybridized carbons (Fsp3) is 0.222. The van der Waals surface area contributed by atoms with Gasteiger partial charge < -0.3 is 4.74 Å². The zero-order valence-corrected chi connectivity index (χ0v) is 10.5. The fourth-order valence-corrected chi connectivity index (χ4v) is 1.60. The first-order chi connectivity index (χ1) is 7.22. The average Bonchev–Trinajstić information content (AvgIpc) is 2.60. The first-order valence-corrected chi connectivity index (χ1v) is 5.28. The fourth-order valence-electron chi connectivity index (χ4n) is 1.16. The maximum atomic E-state index is 5.05. The van der Waals surface area contributed by atoms with Crippen LogP contribution in [0.1, 0.15) is 5.82 Å². The van der Waals surface area contributed by atoms with Crippen molar-refractivity contribution in [1.82, 2.24) is 18.0 Å². The number of nitrogens with zero attached hydrogens (tertiary/aromatic N) is 4. The highest BCUT2D eigenvalue weighted by atomic mass is 127. The molecule has 0 bridgehead atoms. The molecule has 0 aliphatic carbocycles. The topological polar surface area (TPSA) is 52.8 Å². The highest BCUT2D eigenvalue weighted by Crippen LogP contribution is 2.20. The number of hydrogen-bond donors (Lipinski definition) is 0. The molecule has 2 heterocycles. The van der Waals surface area contributed by atoms with Gasteiger partial charge in [0.05, 0.1) is 30.0 Å². The molecule has 78 valence electrons. The molecule has 0 amide bonds. The first-order valence-electron chi connectivity index (χ1n) is 4.32. The van der Waals surface area contributed by atoms with Gasteiger partial charge in [-0.2, -0.15) is 0 Å². The van der Waals surface area contributed by atoms with E-state index in [1.807, 2.05) is 21.8 Å². The Balaban J connectivity index is 2.49. The van der Waals surface area contributed by atoms with Crippen LogP contribution in [0, 0.1) is 6.92 Å². The summed E-state index contributed by atoms with van der Waals surface area (Å²) in [6.07, 6.45) is 0. The average molecular weight is 316 g/mol. The molecule has 2 aromatic rings. The van der Waals surface area contributed by atoms with Crippen molar-refractivity contribution in [2.24, 2.45) is 0 Å². The molecule has 0 radical (unpaired) electrons. The summed E-state index contributed by atoms with van der Waals surface area (Å²) in [4.78, 5) is 4.29. The van der Waals surface area contributed by atoms with Crippen LogP contribution in [0.2, 0.25) is 0 Å². The van der Waals surface area contributed by atoms with E-state index in [1.165, 1.54) is 0 Å². The lowest BCUT2D eigenvalue weighted by Gasteiger charge is -2.01. The summed E-state index contributed by atoms with van der Waals surface area (Å²) in [7, 11) is 1.59. The minimum Gasteiger partial charge on any atom is -0.481 e. The molecule has 0 unspecified atom stereocenters. The van der Waals surface area contributed by atoms with Crippen LogP contribution in [0.4, 0.5) is 0 Å². The molecule has 0 N–H and O–H groups in total. The third-order valence-corrected chi connectivity index (χ3v) is 3.08. The summed E-state index contributed by atoms with van der Waals surface area (Å²) in [6.45, 7) is 1.89. The zero-order chi connectivity index (χ0) is 10.8. The number of halogens is 1. The Morgan fingerprint density at radius 2 is 2.13 bits per heavy atom. The van der Waals surface area contributed by atoms with Crippen molar-refractivity contribution >= 4 is 22.9 Å². The number of hydrogen-bond acceptors (Lipinski definition) is 4. The van der Waals surface area contributed by atoms with Crippen molar-refractivity contribution in [3.05, 3.63) is 24.0 Å². The summed E-state index contributed by atoms with van der Waals surface area (Å²) in [5.41, 5.74) is 0.754. The molecule has 0 aromatic carbocycles. The Hall–Kier alpha value is -1.18. The SMILES string of the molecule is COc1cccc(-c2nnc(C)n2I)n1. The third-order valence-electron chi connectivity index (χ3n) is 1.92. The van der Waals surface area contributed by atoms with E-state index in [9.17, 15) is 0 Å². The standard InChI is InChI=1S/C9H9IN4O/c1-6-12-13-9(14(6)10)7-4-3-5-8(11-7)15-2/h3-5H,1-2H3. The molecule has 2 rings (SSSR count). The number of pyridine rings is 1. The van der Waals surface area contributed by atoms with Gasteiger partial charge in [0.1, 0.15) is 11.5 Å². The van der Waals surface area contributed by atoms with E-state index in [0.717, 1.165) is 17.3 Å². The molecule has 0 aliphatic rings. The van der Waals surface area contributed by atoms with E-state index in [-0.39, 0.29) is 0 Å². The van der Waals surface area contributed by atoms with E-state index < -0.39 is 0 Å². The van der Waals surface area contributed by atoms with E-state index in [1.54, 1.807) is 13.2 Å². The van der Waals surface area contributed by atoms with E-state index >= 15 is 0 Å². The Morgan fingerprint density at radius 1 is 1.33 bits per heavy atom. The molecule has 2 aromatic heterocycles. The summed E-state index contributed by atoms with van der Waals surface area (Å²) in [5.74, 6) is 2.15. The second-order valence-corrected chi connectivity index (χ2v) is 3.88. The number of aromatic nitrogens is 4. The molecule has 6 heteroatoms. The Labute approximate surface area is 101 Å². The van der Waals surface area contributed by atoms with Gasteiger partial charge in [-0.1, -0.05) is 6.07 Å². The smallest absolute Gasteiger partial charge is 0.213 e. The molecule has 0 fully saturated rings. The predicted molar refractivity (Wildman–Crippen MR) is 64.0 cm³/mol. The number of aryl methyl sites for hydroxylation is 1. The minimum atomic E-state index is 0.574. The van der Waals surface area contributed by atoms with Crippen molar-refractivity contribution in [2.75, 3.05) is 7.11 Å². The highest BCUT2D eigenvalue weighted by Gasteiger charge is 2.10. The van der Waals surface area contributed by atoms with Gasteiger partial charge in [0, 0.05) is 6.07 Å². The van der Waals surface area contributed by atoms with Gasteiger partial charge in [-0.05, 0) is 13.0 Å². The molecule has 0 saturated carbocycles. The second kappa shape index (κ2) is 4.13. The van der Waals surface area contributed by atoms with Crippen LogP contribution in [0.5, 0.6) is 5.88 Å². The Kier molecular flexibility index (Phi) is 2.85. The van der Waals surface area contributed by atoms with Crippen LogP contribution in [-0.2, 0) is 0 Å². The normalized spacial score (nSPS) is 10.3. The lowest BCUT2D eigenvalue weighted by Crippen LogP contribution is -1.93. The van der Waals surface area contributed by atoms with Crippen molar-refractivity contribution in [3.63, 3.8) is 0 Å². The molecule has 5 nitrogen and oxygen atoms in total. The van der Waals surface area contributed by atoms with Crippen LogP contribution < -0.4 is 4.74 Å². The van der Waals surface area contributed by atoms with Gasteiger partial charge in [-0.15, -0.1) is 10.2 Å². The summed E-state index contributed by atoms with van der Waals surface area (Å²) in [6, 6.07) is 5.55. The maximum absolute atomic E-state index is 5.05. The van der Waals surface area contributed by atoms with Crippen LogP contribution in [0.15, 0.2) is 18.2 Å². The number of rotatable bonds is 2. The number of methoxy groups -OCH3 is 1. The summed E-state index contributed by atoms with van der Waals surface area (Å²) >= 11 is 2.14. The third kappa shape index (κ3) is 1.94. The molecular weight excluding hydrogens is 307 g/mol. The van der Waals surface area contributed by atoms with Crippen molar-refractivity contribution < 1.29 is 4.74 Å². The van der Waals surface area contributed by atoms with Gasteiger partial charge >= 0.3 is 0 Å². The molecule has 0 spiro atoms. The maximum Gasteiger partial charge on any atom is 0.213 e. The largest absolute Gasteiger partial charge is 0.481 e. The van der Waals surface area contributed by atoms with Gasteiger partial charge in [-0.25, -0.2) is 7.76 Å². The van der Waals surface area contributed by atoms with Crippen LogP contribution in [0.3, 0.4) is 0 Å². The van der Waals surface area contributed by atoms with Gasteiger partial charge in [0.15, 0.2) is 5.82 Å². The van der Waals surface area contributed by atoms with Gasteiger partial charge in [-0.3, -0.25) is 0 Å². The van der Waals surface area contributed by atoms with Gasteiger partial charge in [0.25, 0.3) is 0 Å². The van der Waals surface area contributed by atoms with Gasteiger partial charge in [0.2, 0.25) is 5.88 Å². The highest BCUT2D eigenvalue weighted by molar-refractivity contribution is 14.1. The molecular formula is C9H9IN4O. The van der Waals surface area contributed by atoms with Crippen LogP contribution in [0.25, 0.3) is 11.5 Å². The van der Waals surface area contributed by atoms with E-state index in [0.29, 0.717) is 5.88 Å². The van der Waals surface area contributed by atoms with Crippen molar-refractivity contribution in [1.29, 1.82) is 0 Å². The van der Waals surface area contributed by atoms with Crippen LogP contribution in [-0.4, -0.2) is 25.1 Å². The van der Waals surface area contributed by atoms with E-state index in [2.05, 4.69) is 38.0 Å². The molecule has 0 saturated heterocycles. The van der Waals surface area contributed by atoms with Crippen molar-refractivity contribution in [3.8, 4) is 17.4 Å².